The molecule has 0 aliphatic carbocycles. The third kappa shape index (κ3) is 3.59. The number of hydrogen-bond donors (Lipinski definition) is 1. The van der Waals surface area contributed by atoms with E-state index >= 15 is 0 Å². The first-order valence-corrected chi connectivity index (χ1v) is 5.85. The number of aryl methyl sites for hydroxylation is 1. The van der Waals surface area contributed by atoms with E-state index in [1.165, 1.54) is 0 Å². The second-order valence-corrected chi connectivity index (χ2v) is 5.39. The summed E-state index contributed by atoms with van der Waals surface area (Å²) in [6.45, 7) is 6.25. The van der Waals surface area contributed by atoms with Crippen LogP contribution in [0.1, 0.15) is 25.0 Å². The Morgan fingerprint density at radius 2 is 2.13 bits per heavy atom. The summed E-state index contributed by atoms with van der Waals surface area (Å²) >= 11 is 1.73. The smallest absolute Gasteiger partial charge is 0.307 e. The summed E-state index contributed by atoms with van der Waals surface area (Å²) in [5.41, 5.74) is 2.08. The molecule has 1 aromatic rings. The molecule has 0 aromatic heterocycles. The maximum Gasteiger partial charge on any atom is 0.307 e. The van der Waals surface area contributed by atoms with Gasteiger partial charge in [-0.3, -0.25) is 4.79 Å². The van der Waals surface area contributed by atoms with E-state index in [2.05, 4.69) is 13.8 Å². The SMILES string of the molecule is Cc1cccc(CC(=O)O)c1SC(C)C. The molecular weight excluding hydrogens is 208 g/mol. The summed E-state index contributed by atoms with van der Waals surface area (Å²) < 4.78 is 0. The van der Waals surface area contributed by atoms with Gasteiger partial charge in [-0.2, -0.15) is 0 Å². The molecule has 1 N–H and O–H groups in total. The van der Waals surface area contributed by atoms with Crippen LogP contribution in [0.15, 0.2) is 23.1 Å². The molecular formula is C12H16O2S. The van der Waals surface area contributed by atoms with Crippen LogP contribution in [0, 0.1) is 6.92 Å². The predicted octanol–water partition coefficient (Wildman–Crippen LogP) is 3.12. The van der Waals surface area contributed by atoms with Gasteiger partial charge in [0.2, 0.25) is 0 Å². The minimum atomic E-state index is -0.772. The van der Waals surface area contributed by atoms with Gasteiger partial charge in [0, 0.05) is 10.1 Å². The van der Waals surface area contributed by atoms with Crippen molar-refractivity contribution in [3.8, 4) is 0 Å². The largest absolute Gasteiger partial charge is 0.481 e. The highest BCUT2D eigenvalue weighted by atomic mass is 32.2. The first-order chi connectivity index (χ1) is 7.00. The lowest BCUT2D eigenvalue weighted by atomic mass is 10.1. The van der Waals surface area contributed by atoms with Crippen LogP contribution in [-0.4, -0.2) is 16.3 Å². The number of rotatable bonds is 4. The number of carboxylic acid groups (broad SMARTS) is 1. The normalized spacial score (nSPS) is 10.7. The molecule has 0 bridgehead atoms. The fourth-order valence-corrected chi connectivity index (χ4v) is 2.44. The van der Waals surface area contributed by atoms with Gasteiger partial charge in [-0.1, -0.05) is 32.0 Å². The molecule has 0 unspecified atom stereocenters. The summed E-state index contributed by atoms with van der Waals surface area (Å²) in [4.78, 5) is 11.8. The maximum atomic E-state index is 10.7. The molecule has 0 aliphatic heterocycles. The van der Waals surface area contributed by atoms with E-state index in [0.717, 1.165) is 16.0 Å². The van der Waals surface area contributed by atoms with Crippen LogP contribution >= 0.6 is 11.8 Å². The quantitative estimate of drug-likeness (QED) is 0.798. The number of benzene rings is 1. The Morgan fingerprint density at radius 3 is 2.67 bits per heavy atom. The van der Waals surface area contributed by atoms with Gasteiger partial charge >= 0.3 is 5.97 Å². The average molecular weight is 224 g/mol. The van der Waals surface area contributed by atoms with Crippen LogP contribution < -0.4 is 0 Å². The van der Waals surface area contributed by atoms with Crippen LogP contribution in [0.5, 0.6) is 0 Å². The standard InChI is InChI=1S/C12H16O2S/c1-8(2)15-12-9(3)5-4-6-10(12)7-11(13)14/h4-6,8H,7H2,1-3H3,(H,13,14). The van der Waals surface area contributed by atoms with Crippen LogP contribution in [0.2, 0.25) is 0 Å². The van der Waals surface area contributed by atoms with Crippen molar-refractivity contribution in [1.82, 2.24) is 0 Å². The predicted molar refractivity (Wildman–Crippen MR) is 63.5 cm³/mol. The molecule has 15 heavy (non-hydrogen) atoms. The third-order valence-electron chi connectivity index (χ3n) is 1.99. The zero-order valence-electron chi connectivity index (χ0n) is 9.28. The first kappa shape index (κ1) is 12.1. The molecule has 3 heteroatoms. The summed E-state index contributed by atoms with van der Waals surface area (Å²) in [5, 5.41) is 9.28. The lowest BCUT2D eigenvalue weighted by Gasteiger charge is -2.12. The fourth-order valence-electron chi connectivity index (χ4n) is 1.42. The minimum Gasteiger partial charge on any atom is -0.481 e. The van der Waals surface area contributed by atoms with E-state index in [9.17, 15) is 4.79 Å². The third-order valence-corrected chi connectivity index (χ3v) is 3.28. The van der Waals surface area contributed by atoms with Crippen molar-refractivity contribution >= 4 is 17.7 Å². The lowest BCUT2D eigenvalue weighted by molar-refractivity contribution is -0.136. The van der Waals surface area contributed by atoms with Crippen LogP contribution in [0.25, 0.3) is 0 Å². The number of aliphatic carboxylic acids is 1. The molecule has 2 nitrogen and oxygen atoms in total. The second-order valence-electron chi connectivity index (χ2n) is 3.80. The minimum absolute atomic E-state index is 0.108. The fraction of sp³-hybridized carbons (Fsp3) is 0.417. The molecule has 0 amide bonds. The molecule has 0 saturated heterocycles. The van der Waals surface area contributed by atoms with E-state index in [-0.39, 0.29) is 6.42 Å². The van der Waals surface area contributed by atoms with Gasteiger partial charge in [0.05, 0.1) is 6.42 Å². The number of carboxylic acids is 1. The molecule has 0 atom stereocenters. The lowest BCUT2D eigenvalue weighted by Crippen LogP contribution is -2.03. The number of thioether (sulfide) groups is 1. The maximum absolute atomic E-state index is 10.7. The van der Waals surface area contributed by atoms with E-state index in [1.54, 1.807) is 11.8 Å². The van der Waals surface area contributed by atoms with Gasteiger partial charge < -0.3 is 5.11 Å². The Hall–Kier alpha value is -0.960. The highest BCUT2D eigenvalue weighted by Crippen LogP contribution is 2.30. The molecule has 0 saturated carbocycles. The van der Waals surface area contributed by atoms with Crippen molar-refractivity contribution in [2.45, 2.75) is 37.3 Å². The van der Waals surface area contributed by atoms with Gasteiger partial charge in [-0.15, -0.1) is 11.8 Å². The van der Waals surface area contributed by atoms with E-state index in [0.29, 0.717) is 5.25 Å². The summed E-state index contributed by atoms with van der Waals surface area (Å²) in [5.74, 6) is -0.772. The van der Waals surface area contributed by atoms with Crippen molar-refractivity contribution in [2.75, 3.05) is 0 Å². The Labute approximate surface area is 94.7 Å². The summed E-state index contributed by atoms with van der Waals surface area (Å²) in [7, 11) is 0. The van der Waals surface area contributed by atoms with Gasteiger partial charge in [0.25, 0.3) is 0 Å². The highest BCUT2D eigenvalue weighted by molar-refractivity contribution is 8.00. The van der Waals surface area contributed by atoms with Crippen molar-refractivity contribution < 1.29 is 9.90 Å². The molecule has 0 heterocycles. The molecule has 1 rings (SSSR count). The molecule has 0 aliphatic rings. The number of carbonyl (C=O) groups is 1. The molecule has 0 radical (unpaired) electrons. The van der Waals surface area contributed by atoms with Gasteiger partial charge in [-0.25, -0.2) is 0 Å². The Bertz CT molecular complexity index is 359. The van der Waals surface area contributed by atoms with Gasteiger partial charge in [0.15, 0.2) is 0 Å². The first-order valence-electron chi connectivity index (χ1n) is 4.97. The van der Waals surface area contributed by atoms with Crippen LogP contribution in [-0.2, 0) is 11.2 Å². The molecule has 0 spiro atoms. The highest BCUT2D eigenvalue weighted by Gasteiger charge is 2.10. The van der Waals surface area contributed by atoms with Gasteiger partial charge in [-0.05, 0) is 18.1 Å². The topological polar surface area (TPSA) is 37.3 Å². The second kappa shape index (κ2) is 5.21. The van der Waals surface area contributed by atoms with Gasteiger partial charge in [0.1, 0.15) is 0 Å². The van der Waals surface area contributed by atoms with Crippen molar-refractivity contribution in [1.29, 1.82) is 0 Å². The Kier molecular flexibility index (Phi) is 4.21. The zero-order valence-corrected chi connectivity index (χ0v) is 10.1. The Balaban J connectivity index is 3.02. The van der Waals surface area contributed by atoms with Crippen LogP contribution in [0.3, 0.4) is 0 Å². The molecule has 82 valence electrons. The van der Waals surface area contributed by atoms with Crippen molar-refractivity contribution in [3.63, 3.8) is 0 Å². The average Bonchev–Trinajstić information content (AvgIpc) is 2.09. The zero-order chi connectivity index (χ0) is 11.4. The monoisotopic (exact) mass is 224 g/mol. The molecule has 1 aromatic carbocycles. The number of hydrogen-bond acceptors (Lipinski definition) is 2. The summed E-state index contributed by atoms with van der Waals surface area (Å²) in [6, 6.07) is 5.83. The summed E-state index contributed by atoms with van der Waals surface area (Å²) in [6.07, 6.45) is 0.108. The van der Waals surface area contributed by atoms with E-state index < -0.39 is 5.97 Å². The molecule has 0 fully saturated rings. The Morgan fingerprint density at radius 1 is 1.47 bits per heavy atom. The van der Waals surface area contributed by atoms with Crippen molar-refractivity contribution in [3.05, 3.63) is 29.3 Å². The van der Waals surface area contributed by atoms with Crippen LogP contribution in [0.4, 0.5) is 0 Å². The van der Waals surface area contributed by atoms with E-state index in [4.69, 9.17) is 5.11 Å². The van der Waals surface area contributed by atoms with E-state index in [1.807, 2.05) is 25.1 Å². The van der Waals surface area contributed by atoms with Crippen molar-refractivity contribution in [2.24, 2.45) is 0 Å².